The second-order valence-corrected chi connectivity index (χ2v) is 6.43. The third kappa shape index (κ3) is 4.90. The van der Waals surface area contributed by atoms with Gasteiger partial charge in [-0.3, -0.25) is 0 Å². The second-order valence-electron chi connectivity index (χ2n) is 6.43. The van der Waals surface area contributed by atoms with E-state index in [0.717, 1.165) is 23.5 Å². The summed E-state index contributed by atoms with van der Waals surface area (Å²) in [4.78, 5) is 0. The molecule has 2 atom stereocenters. The van der Waals surface area contributed by atoms with Gasteiger partial charge in [0.1, 0.15) is 11.5 Å². The molecule has 0 amide bonds. The zero-order valence-corrected chi connectivity index (χ0v) is 14.1. The number of aliphatic hydroxyl groups is 1. The van der Waals surface area contributed by atoms with Gasteiger partial charge in [0.25, 0.3) is 0 Å². The molecular weight excluding hydrogens is 266 g/mol. The van der Waals surface area contributed by atoms with Crippen molar-refractivity contribution in [3.05, 3.63) is 23.8 Å². The minimum atomic E-state index is 0.0725. The highest BCUT2D eigenvalue weighted by molar-refractivity contribution is 5.42. The van der Waals surface area contributed by atoms with Crippen molar-refractivity contribution in [3.8, 4) is 11.5 Å². The standard InChI is InChI=1S/C17H29NO3/c1-12(18-16(9-10-19)17(2,3)4)14-11-13(20-5)7-8-15(14)21-6/h7-8,11-12,16,18-19H,9-10H2,1-6H3. The summed E-state index contributed by atoms with van der Waals surface area (Å²) in [6.07, 6.45) is 0.722. The van der Waals surface area contributed by atoms with Gasteiger partial charge in [-0.25, -0.2) is 0 Å². The molecular formula is C17H29NO3. The van der Waals surface area contributed by atoms with Gasteiger partial charge in [-0.2, -0.15) is 0 Å². The lowest BCUT2D eigenvalue weighted by molar-refractivity contribution is 0.187. The van der Waals surface area contributed by atoms with Gasteiger partial charge in [-0.1, -0.05) is 20.8 Å². The normalized spacial score (nSPS) is 14.6. The van der Waals surface area contributed by atoms with Gasteiger partial charge in [0.15, 0.2) is 0 Å². The van der Waals surface area contributed by atoms with Crippen LogP contribution in [0.25, 0.3) is 0 Å². The van der Waals surface area contributed by atoms with Crippen molar-refractivity contribution in [3.63, 3.8) is 0 Å². The molecule has 0 fully saturated rings. The van der Waals surface area contributed by atoms with E-state index >= 15 is 0 Å². The molecule has 0 aliphatic carbocycles. The molecule has 0 aromatic heterocycles. The van der Waals surface area contributed by atoms with Crippen LogP contribution in [-0.4, -0.2) is 32.0 Å². The monoisotopic (exact) mass is 295 g/mol. The van der Waals surface area contributed by atoms with Crippen LogP contribution >= 0.6 is 0 Å². The molecule has 120 valence electrons. The van der Waals surface area contributed by atoms with E-state index in [9.17, 15) is 5.11 Å². The lowest BCUT2D eigenvalue weighted by Crippen LogP contribution is -2.42. The molecule has 2 N–H and O–H groups in total. The van der Waals surface area contributed by atoms with Crippen LogP contribution in [0, 0.1) is 5.41 Å². The molecule has 21 heavy (non-hydrogen) atoms. The zero-order valence-electron chi connectivity index (χ0n) is 14.1. The topological polar surface area (TPSA) is 50.7 Å². The van der Waals surface area contributed by atoms with E-state index in [-0.39, 0.29) is 24.1 Å². The first-order valence-electron chi connectivity index (χ1n) is 7.42. The molecule has 0 saturated heterocycles. The summed E-state index contributed by atoms with van der Waals surface area (Å²) >= 11 is 0. The van der Waals surface area contributed by atoms with Gasteiger partial charge >= 0.3 is 0 Å². The van der Waals surface area contributed by atoms with E-state index in [1.165, 1.54) is 0 Å². The lowest BCUT2D eigenvalue weighted by Gasteiger charge is -2.34. The van der Waals surface area contributed by atoms with Crippen LogP contribution < -0.4 is 14.8 Å². The van der Waals surface area contributed by atoms with Crippen molar-refractivity contribution in [2.45, 2.75) is 46.2 Å². The molecule has 0 aliphatic rings. The van der Waals surface area contributed by atoms with Crippen molar-refractivity contribution >= 4 is 0 Å². The molecule has 0 saturated carbocycles. The van der Waals surface area contributed by atoms with Crippen molar-refractivity contribution in [2.24, 2.45) is 5.41 Å². The Bertz CT molecular complexity index is 440. The second kappa shape index (κ2) is 7.66. The Kier molecular flexibility index (Phi) is 6.49. The molecule has 1 aromatic carbocycles. The first kappa shape index (κ1) is 17.8. The molecule has 0 bridgehead atoms. The average Bonchev–Trinajstić information content (AvgIpc) is 2.44. The summed E-state index contributed by atoms with van der Waals surface area (Å²) in [6, 6.07) is 6.13. The van der Waals surface area contributed by atoms with E-state index < -0.39 is 0 Å². The Balaban J connectivity index is 2.98. The Hall–Kier alpha value is -1.26. The van der Waals surface area contributed by atoms with Gasteiger partial charge in [0, 0.05) is 24.3 Å². The highest BCUT2D eigenvalue weighted by Crippen LogP contribution is 2.31. The SMILES string of the molecule is COc1ccc(OC)c(C(C)NC(CCO)C(C)(C)C)c1. The number of hydrogen-bond acceptors (Lipinski definition) is 4. The first-order chi connectivity index (χ1) is 9.83. The molecule has 0 aliphatic heterocycles. The number of nitrogens with one attached hydrogen (secondary N) is 1. The summed E-state index contributed by atoms with van der Waals surface area (Å²) in [7, 11) is 3.33. The first-order valence-corrected chi connectivity index (χ1v) is 7.42. The molecule has 1 rings (SSSR count). The van der Waals surface area contributed by atoms with Crippen LogP contribution in [0.4, 0.5) is 0 Å². The fourth-order valence-corrected chi connectivity index (χ4v) is 2.46. The smallest absolute Gasteiger partial charge is 0.123 e. The Morgan fingerprint density at radius 3 is 2.33 bits per heavy atom. The Labute approximate surface area is 128 Å². The largest absolute Gasteiger partial charge is 0.497 e. The highest BCUT2D eigenvalue weighted by atomic mass is 16.5. The van der Waals surface area contributed by atoms with Crippen LogP contribution in [0.5, 0.6) is 11.5 Å². The fourth-order valence-electron chi connectivity index (χ4n) is 2.46. The number of ether oxygens (including phenoxy) is 2. The maximum absolute atomic E-state index is 9.28. The van der Waals surface area contributed by atoms with Gasteiger partial charge in [-0.05, 0) is 37.0 Å². The zero-order chi connectivity index (χ0) is 16.0. The van der Waals surface area contributed by atoms with Crippen molar-refractivity contribution < 1.29 is 14.6 Å². The number of rotatable bonds is 7. The predicted molar refractivity (Wildman–Crippen MR) is 86.0 cm³/mol. The third-order valence-corrected chi connectivity index (χ3v) is 3.82. The van der Waals surface area contributed by atoms with Crippen molar-refractivity contribution in [1.82, 2.24) is 5.32 Å². The molecule has 4 nitrogen and oxygen atoms in total. The van der Waals surface area contributed by atoms with Gasteiger partial charge in [-0.15, -0.1) is 0 Å². The maximum atomic E-state index is 9.28. The third-order valence-electron chi connectivity index (χ3n) is 3.82. The van der Waals surface area contributed by atoms with Crippen LogP contribution in [0.2, 0.25) is 0 Å². The number of aliphatic hydroxyl groups excluding tert-OH is 1. The minimum absolute atomic E-state index is 0.0725. The summed E-state index contributed by atoms with van der Waals surface area (Å²) < 4.78 is 10.7. The van der Waals surface area contributed by atoms with Crippen LogP contribution in [0.3, 0.4) is 0 Å². The molecule has 0 heterocycles. The Morgan fingerprint density at radius 2 is 1.86 bits per heavy atom. The van der Waals surface area contributed by atoms with Crippen LogP contribution in [0.1, 0.15) is 45.7 Å². The van der Waals surface area contributed by atoms with Crippen LogP contribution in [0.15, 0.2) is 18.2 Å². The van der Waals surface area contributed by atoms with Gasteiger partial charge in [0.2, 0.25) is 0 Å². The van der Waals surface area contributed by atoms with E-state index in [1.807, 2.05) is 18.2 Å². The van der Waals surface area contributed by atoms with Crippen LogP contribution in [-0.2, 0) is 0 Å². The number of methoxy groups -OCH3 is 2. The quantitative estimate of drug-likeness (QED) is 0.811. The van der Waals surface area contributed by atoms with Crippen molar-refractivity contribution in [1.29, 1.82) is 0 Å². The van der Waals surface area contributed by atoms with Gasteiger partial charge in [0.05, 0.1) is 14.2 Å². The summed E-state index contributed by atoms with van der Waals surface area (Å²) in [5, 5.41) is 12.9. The number of hydrogen-bond donors (Lipinski definition) is 2. The summed E-state index contributed by atoms with van der Waals surface area (Å²) in [5.41, 5.74) is 1.13. The predicted octanol–water partition coefficient (Wildman–Crippen LogP) is 3.15. The highest BCUT2D eigenvalue weighted by Gasteiger charge is 2.26. The average molecular weight is 295 g/mol. The summed E-state index contributed by atoms with van der Waals surface area (Å²) in [5.74, 6) is 1.65. The lowest BCUT2D eigenvalue weighted by atomic mass is 9.84. The summed E-state index contributed by atoms with van der Waals surface area (Å²) in [6.45, 7) is 8.81. The Morgan fingerprint density at radius 1 is 1.19 bits per heavy atom. The molecule has 1 aromatic rings. The van der Waals surface area contributed by atoms with E-state index in [2.05, 4.69) is 33.0 Å². The van der Waals surface area contributed by atoms with E-state index in [0.29, 0.717) is 0 Å². The van der Waals surface area contributed by atoms with E-state index in [1.54, 1.807) is 14.2 Å². The maximum Gasteiger partial charge on any atom is 0.123 e. The van der Waals surface area contributed by atoms with Gasteiger partial charge < -0.3 is 19.9 Å². The molecule has 4 heteroatoms. The minimum Gasteiger partial charge on any atom is -0.497 e. The van der Waals surface area contributed by atoms with E-state index in [4.69, 9.17) is 9.47 Å². The molecule has 0 spiro atoms. The van der Waals surface area contributed by atoms with Crippen molar-refractivity contribution in [2.75, 3.05) is 20.8 Å². The molecule has 2 unspecified atom stereocenters. The molecule has 0 radical (unpaired) electrons. The fraction of sp³-hybridized carbons (Fsp3) is 0.647. The number of benzene rings is 1.